The number of hydrogen-bond acceptors (Lipinski definition) is 5. The lowest BCUT2D eigenvalue weighted by molar-refractivity contribution is -0.140. The number of ether oxygens (including phenoxy) is 1. The summed E-state index contributed by atoms with van der Waals surface area (Å²) in [4.78, 5) is 29.2. The van der Waals surface area contributed by atoms with Gasteiger partial charge < -0.3 is 15.0 Å². The van der Waals surface area contributed by atoms with Gasteiger partial charge >= 0.3 is 0 Å². The molecule has 0 saturated heterocycles. The van der Waals surface area contributed by atoms with E-state index in [1.807, 2.05) is 105 Å². The van der Waals surface area contributed by atoms with Crippen molar-refractivity contribution in [2.75, 3.05) is 17.1 Å². The summed E-state index contributed by atoms with van der Waals surface area (Å²) in [6.45, 7) is 3.74. The molecule has 8 nitrogen and oxygen atoms in total. The molecule has 1 N–H and O–H groups in total. The van der Waals surface area contributed by atoms with E-state index in [1.54, 1.807) is 24.3 Å². The first-order valence-electron chi connectivity index (χ1n) is 14.5. The normalized spacial score (nSPS) is 11.9. The van der Waals surface area contributed by atoms with E-state index >= 15 is 0 Å². The van der Waals surface area contributed by atoms with Gasteiger partial charge in [0.1, 0.15) is 24.9 Å². The van der Waals surface area contributed by atoms with Crippen molar-refractivity contribution in [1.29, 1.82) is 0 Å². The Morgan fingerprint density at radius 3 is 1.80 bits per heavy atom. The molecule has 1 atom stereocenters. The topological polar surface area (TPSA) is 96.0 Å². The fourth-order valence-corrected chi connectivity index (χ4v) is 5.63. The second-order valence-electron chi connectivity index (χ2n) is 10.9. The van der Waals surface area contributed by atoms with E-state index in [1.165, 1.54) is 4.90 Å². The number of benzene rings is 4. The van der Waals surface area contributed by atoms with Crippen molar-refractivity contribution in [3.8, 4) is 5.75 Å². The first-order valence-corrected chi connectivity index (χ1v) is 16.4. The third kappa shape index (κ3) is 9.44. The third-order valence-corrected chi connectivity index (χ3v) is 8.09. The lowest BCUT2D eigenvalue weighted by atomic mass is 10.0. The van der Waals surface area contributed by atoms with E-state index in [9.17, 15) is 18.0 Å². The van der Waals surface area contributed by atoms with Gasteiger partial charge in [-0.05, 0) is 54.8 Å². The molecule has 9 heteroatoms. The first-order chi connectivity index (χ1) is 21.1. The highest BCUT2D eigenvalue weighted by Gasteiger charge is 2.33. The molecule has 0 aliphatic carbocycles. The lowest BCUT2D eigenvalue weighted by Crippen LogP contribution is -2.54. The predicted molar refractivity (Wildman–Crippen MR) is 174 cm³/mol. The number of hydrogen-bond donors (Lipinski definition) is 1. The standard InChI is InChI=1S/C35H39N3O5S/c1-27(2)36-35(40)33(23-28-13-7-4-8-14-28)37(24-29-15-9-5-10-16-29)34(39)25-38(44(3,41)42)31-19-21-32(22-20-31)43-26-30-17-11-6-12-18-30/h4-22,27,33H,23-26H2,1-3H3,(H,36,40). The van der Waals surface area contributed by atoms with Gasteiger partial charge in [0.05, 0.1) is 11.9 Å². The second-order valence-corrected chi connectivity index (χ2v) is 12.8. The second kappa shape index (κ2) is 15.2. The Labute approximate surface area is 260 Å². The summed E-state index contributed by atoms with van der Waals surface area (Å²) in [5, 5.41) is 2.95. The average Bonchev–Trinajstić information content (AvgIpc) is 3.01. The Morgan fingerprint density at radius 1 is 0.750 bits per heavy atom. The minimum absolute atomic E-state index is 0.132. The monoisotopic (exact) mass is 613 g/mol. The van der Waals surface area contributed by atoms with Crippen LogP contribution in [-0.4, -0.2) is 50.0 Å². The van der Waals surface area contributed by atoms with Gasteiger partial charge in [0.2, 0.25) is 21.8 Å². The Hall–Kier alpha value is -4.63. The number of carbonyl (C=O) groups is 2. The fraction of sp³-hybridized carbons (Fsp3) is 0.257. The number of nitrogens with zero attached hydrogens (tertiary/aromatic N) is 2. The zero-order chi connectivity index (χ0) is 31.5. The van der Waals surface area contributed by atoms with E-state index in [2.05, 4.69) is 5.32 Å². The molecule has 4 rings (SSSR count). The van der Waals surface area contributed by atoms with Crippen LogP contribution in [0.15, 0.2) is 115 Å². The molecule has 0 fully saturated rings. The number of nitrogens with one attached hydrogen (secondary N) is 1. The zero-order valence-electron chi connectivity index (χ0n) is 25.3. The summed E-state index contributed by atoms with van der Waals surface area (Å²) in [5.74, 6) is -0.237. The molecule has 0 spiro atoms. The van der Waals surface area contributed by atoms with Gasteiger partial charge in [-0.25, -0.2) is 8.42 Å². The molecular weight excluding hydrogens is 574 g/mol. The third-order valence-electron chi connectivity index (χ3n) is 6.95. The van der Waals surface area contributed by atoms with Crippen LogP contribution >= 0.6 is 0 Å². The smallest absolute Gasteiger partial charge is 0.244 e. The summed E-state index contributed by atoms with van der Waals surface area (Å²) < 4.78 is 33.0. The molecule has 0 saturated carbocycles. The van der Waals surface area contributed by atoms with Crippen molar-refractivity contribution in [3.63, 3.8) is 0 Å². The number of sulfonamides is 1. The predicted octanol–water partition coefficient (Wildman–Crippen LogP) is 5.20. The molecule has 0 aliphatic rings. The van der Waals surface area contributed by atoms with Crippen molar-refractivity contribution in [2.45, 2.75) is 45.5 Å². The largest absolute Gasteiger partial charge is 0.489 e. The number of rotatable bonds is 14. The molecule has 0 heterocycles. The van der Waals surface area contributed by atoms with E-state index in [-0.39, 0.29) is 24.9 Å². The summed E-state index contributed by atoms with van der Waals surface area (Å²) in [6, 6.07) is 34.1. The highest BCUT2D eigenvalue weighted by Crippen LogP contribution is 2.24. The van der Waals surface area contributed by atoms with Crippen molar-refractivity contribution in [3.05, 3.63) is 132 Å². The van der Waals surface area contributed by atoms with Gasteiger partial charge in [-0.1, -0.05) is 91.0 Å². The Bertz CT molecular complexity index is 1600. The van der Waals surface area contributed by atoms with Crippen LogP contribution in [-0.2, 0) is 39.2 Å². The first kappa shape index (κ1) is 32.3. The van der Waals surface area contributed by atoms with Gasteiger partial charge in [0.15, 0.2) is 0 Å². The average molecular weight is 614 g/mol. The molecule has 0 aromatic heterocycles. The van der Waals surface area contributed by atoms with E-state index < -0.39 is 28.5 Å². The highest BCUT2D eigenvalue weighted by molar-refractivity contribution is 7.92. The van der Waals surface area contributed by atoms with Gasteiger partial charge in [-0.2, -0.15) is 0 Å². The maximum Gasteiger partial charge on any atom is 0.244 e. The lowest BCUT2D eigenvalue weighted by Gasteiger charge is -2.34. The quantitative estimate of drug-likeness (QED) is 0.211. The van der Waals surface area contributed by atoms with Crippen LogP contribution in [0.5, 0.6) is 5.75 Å². The molecule has 0 aliphatic heterocycles. The zero-order valence-corrected chi connectivity index (χ0v) is 26.1. The number of anilines is 1. The van der Waals surface area contributed by atoms with Crippen molar-refractivity contribution in [2.24, 2.45) is 0 Å². The van der Waals surface area contributed by atoms with Gasteiger partial charge in [0.25, 0.3) is 0 Å². The van der Waals surface area contributed by atoms with Crippen LogP contribution in [0.4, 0.5) is 5.69 Å². The molecule has 1 unspecified atom stereocenters. The maximum absolute atomic E-state index is 14.1. The molecule has 4 aromatic rings. The number of amides is 2. The fourth-order valence-electron chi connectivity index (χ4n) is 4.78. The molecule has 0 bridgehead atoms. The Balaban J connectivity index is 1.62. The molecule has 230 valence electrons. The Morgan fingerprint density at radius 2 is 1.27 bits per heavy atom. The molecule has 4 aromatic carbocycles. The van der Waals surface area contributed by atoms with Gasteiger partial charge in [0, 0.05) is 19.0 Å². The number of carbonyl (C=O) groups excluding carboxylic acids is 2. The molecule has 2 amide bonds. The minimum atomic E-state index is -3.87. The summed E-state index contributed by atoms with van der Waals surface area (Å²) in [6.07, 6.45) is 1.33. The van der Waals surface area contributed by atoms with Gasteiger partial charge in [-0.15, -0.1) is 0 Å². The van der Waals surface area contributed by atoms with Gasteiger partial charge in [-0.3, -0.25) is 13.9 Å². The highest BCUT2D eigenvalue weighted by atomic mass is 32.2. The summed E-state index contributed by atoms with van der Waals surface area (Å²) in [7, 11) is -3.87. The molecule has 0 radical (unpaired) electrons. The van der Waals surface area contributed by atoms with Crippen molar-refractivity contribution < 1.29 is 22.7 Å². The SMILES string of the molecule is CC(C)NC(=O)C(Cc1ccccc1)N(Cc1ccccc1)C(=O)CN(c1ccc(OCc2ccccc2)cc1)S(C)(=O)=O. The van der Waals surface area contributed by atoms with E-state index in [0.717, 1.165) is 27.3 Å². The van der Waals surface area contributed by atoms with Crippen molar-refractivity contribution >= 4 is 27.5 Å². The molecule has 44 heavy (non-hydrogen) atoms. The van der Waals surface area contributed by atoms with Crippen molar-refractivity contribution in [1.82, 2.24) is 10.2 Å². The summed E-state index contributed by atoms with van der Waals surface area (Å²) in [5.41, 5.74) is 3.03. The van der Waals surface area contributed by atoms with Crippen LogP contribution in [0.3, 0.4) is 0 Å². The van der Waals surface area contributed by atoms with Crippen LogP contribution in [0, 0.1) is 0 Å². The van der Waals surface area contributed by atoms with E-state index in [4.69, 9.17) is 4.74 Å². The summed E-state index contributed by atoms with van der Waals surface area (Å²) >= 11 is 0. The maximum atomic E-state index is 14.1. The minimum Gasteiger partial charge on any atom is -0.489 e. The van der Waals surface area contributed by atoms with Crippen LogP contribution in [0.25, 0.3) is 0 Å². The molecular formula is C35H39N3O5S. The van der Waals surface area contributed by atoms with Crippen LogP contribution in [0.2, 0.25) is 0 Å². The van der Waals surface area contributed by atoms with Crippen LogP contribution in [0.1, 0.15) is 30.5 Å². The Kier molecular flexibility index (Phi) is 11.2. The van der Waals surface area contributed by atoms with E-state index in [0.29, 0.717) is 18.0 Å². The van der Waals surface area contributed by atoms with Crippen LogP contribution < -0.4 is 14.4 Å².